The van der Waals surface area contributed by atoms with Crippen LogP contribution >= 0.6 is 8.53 Å². The number of rotatable bonds is 14. The summed E-state index contributed by atoms with van der Waals surface area (Å²) in [6.07, 6.45) is 4.85. The van der Waals surface area contributed by atoms with E-state index in [4.69, 9.17) is 23.8 Å². The number of nitrogens with zero attached hydrogens (tertiary/aromatic N) is 6. The van der Waals surface area contributed by atoms with E-state index in [0.29, 0.717) is 37.0 Å². The Morgan fingerprint density at radius 2 is 1.26 bits per heavy atom. The van der Waals surface area contributed by atoms with E-state index in [0.717, 1.165) is 12.8 Å². The summed E-state index contributed by atoms with van der Waals surface area (Å²) in [4.78, 5) is 58.0. The number of anilines is 2. The largest absolute Gasteiger partial charge is 0.393 e. The predicted octanol–water partition coefficient (Wildman–Crippen LogP) is 6.90. The van der Waals surface area contributed by atoms with Gasteiger partial charge in [-0.15, -0.1) is 0 Å². The molecule has 2 aliphatic carbocycles. The number of ether oxygens (including phenoxy) is 2. The molecule has 4 fully saturated rings. The smallest absolute Gasteiger partial charge is 0.351 e. The number of nitriles is 1. The Morgan fingerprint density at radius 1 is 0.785 bits per heavy atom. The Balaban J connectivity index is 0.000000209. The summed E-state index contributed by atoms with van der Waals surface area (Å²) in [5.41, 5.74) is 0.0146. The molecule has 4 heterocycles. The van der Waals surface area contributed by atoms with Crippen molar-refractivity contribution in [2.75, 3.05) is 17.2 Å². The van der Waals surface area contributed by atoms with Crippen molar-refractivity contribution in [1.29, 1.82) is 5.26 Å². The number of aliphatic hydroxyl groups excluding tert-OH is 1. The molecular formula is C47H59N8O9P. The van der Waals surface area contributed by atoms with Gasteiger partial charge in [-0.2, -0.15) is 15.2 Å². The first-order chi connectivity index (χ1) is 31.2. The highest BCUT2D eigenvalue weighted by atomic mass is 31.2. The summed E-state index contributed by atoms with van der Waals surface area (Å²) in [6.45, 7) is 13.0. The molecule has 4 aliphatic rings. The summed E-state index contributed by atoms with van der Waals surface area (Å²) in [6, 6.07) is 23.3. The van der Waals surface area contributed by atoms with Gasteiger partial charge in [0.15, 0.2) is 0 Å². The fraction of sp³-hybridized carbons (Fsp3) is 0.511. The van der Waals surface area contributed by atoms with Crippen LogP contribution in [0.25, 0.3) is 0 Å². The van der Waals surface area contributed by atoms with Crippen molar-refractivity contribution in [2.24, 2.45) is 23.7 Å². The van der Waals surface area contributed by atoms with Crippen LogP contribution in [0, 0.1) is 35.0 Å². The van der Waals surface area contributed by atoms with E-state index in [1.165, 1.54) is 9.13 Å². The maximum absolute atomic E-state index is 12.9. The lowest BCUT2D eigenvalue weighted by Crippen LogP contribution is -2.35. The molecule has 2 saturated carbocycles. The SMILES string of the molecule is CC(C)N(C(C)C)P(OCCC#N)O[C@@H]1C[C@@H](C)[C@H]2O[C@@H](n3ccc(NC(=O)c4ccccc4)nc3=O)C[C@H]21.C[C@@H]1C[C@@H](O)[C@@H]2C[C@H](n3ccc(NC(=O)c4ccccc4)nc3=O)O[C@@H]21. The minimum absolute atomic E-state index is 0.0284. The molecule has 2 aromatic heterocycles. The van der Waals surface area contributed by atoms with E-state index < -0.39 is 32.4 Å². The molecule has 17 nitrogen and oxygen atoms in total. The van der Waals surface area contributed by atoms with Crippen LogP contribution < -0.4 is 22.0 Å². The van der Waals surface area contributed by atoms with Gasteiger partial charge in [0.1, 0.15) is 24.1 Å². The van der Waals surface area contributed by atoms with Crippen molar-refractivity contribution in [3.05, 3.63) is 117 Å². The average Bonchev–Trinajstić information content (AvgIpc) is 4.05. The van der Waals surface area contributed by atoms with Crippen molar-refractivity contribution in [1.82, 2.24) is 23.8 Å². The normalized spacial score (nSPS) is 27.2. The molecule has 65 heavy (non-hydrogen) atoms. The Kier molecular flexibility index (Phi) is 15.7. The Hall–Kier alpha value is -5.18. The van der Waals surface area contributed by atoms with Gasteiger partial charge in [-0.1, -0.05) is 50.2 Å². The quantitative estimate of drug-likeness (QED) is 0.0869. The number of aromatic nitrogens is 4. The minimum Gasteiger partial charge on any atom is -0.393 e. The van der Waals surface area contributed by atoms with Crippen LogP contribution in [0.15, 0.2) is 94.8 Å². The third-order valence-corrected chi connectivity index (χ3v) is 14.6. The molecule has 4 aromatic rings. The lowest BCUT2D eigenvalue weighted by molar-refractivity contribution is -0.0220. The van der Waals surface area contributed by atoms with Crippen LogP contribution in [0.5, 0.6) is 0 Å². The molecule has 18 heteroatoms. The third-order valence-electron chi connectivity index (χ3n) is 12.5. The molecule has 346 valence electrons. The number of hydrogen-bond acceptors (Lipinski definition) is 13. The molecular weight excluding hydrogens is 852 g/mol. The molecule has 11 atom stereocenters. The molecule has 2 saturated heterocycles. The zero-order valence-corrected chi connectivity index (χ0v) is 38.5. The highest BCUT2D eigenvalue weighted by Gasteiger charge is 2.51. The number of hydrogen-bond donors (Lipinski definition) is 3. The summed E-state index contributed by atoms with van der Waals surface area (Å²) >= 11 is 0. The molecule has 1 unspecified atom stereocenters. The molecule has 8 rings (SSSR count). The fourth-order valence-corrected chi connectivity index (χ4v) is 11.3. The summed E-state index contributed by atoms with van der Waals surface area (Å²) < 4.78 is 30.3. The van der Waals surface area contributed by atoms with Crippen LogP contribution in [0.2, 0.25) is 0 Å². The maximum Gasteiger partial charge on any atom is 0.351 e. The van der Waals surface area contributed by atoms with E-state index in [9.17, 15) is 24.3 Å². The number of nitrogens with one attached hydrogen (secondary N) is 2. The second kappa shape index (κ2) is 21.4. The first kappa shape index (κ1) is 47.8. The lowest BCUT2D eigenvalue weighted by Gasteiger charge is -2.37. The fourth-order valence-electron chi connectivity index (χ4n) is 9.48. The van der Waals surface area contributed by atoms with E-state index in [-0.39, 0.29) is 83.6 Å². The number of aliphatic hydroxyl groups is 1. The zero-order chi connectivity index (χ0) is 46.4. The zero-order valence-electron chi connectivity index (χ0n) is 37.6. The van der Waals surface area contributed by atoms with Crippen molar-refractivity contribution >= 4 is 32.0 Å². The predicted molar refractivity (Wildman–Crippen MR) is 243 cm³/mol. The van der Waals surface area contributed by atoms with Crippen molar-refractivity contribution in [2.45, 2.75) is 123 Å². The summed E-state index contributed by atoms with van der Waals surface area (Å²) in [5, 5.41) is 24.4. The Bertz CT molecular complexity index is 2390. The minimum atomic E-state index is -1.37. The second-order valence-corrected chi connectivity index (χ2v) is 19.1. The van der Waals surface area contributed by atoms with E-state index in [1.54, 1.807) is 73.1 Å². The number of carbonyl (C=O) groups excluding carboxylic acids is 2. The van der Waals surface area contributed by atoms with Crippen molar-refractivity contribution < 1.29 is 33.2 Å². The van der Waals surface area contributed by atoms with Gasteiger partial charge in [0.25, 0.3) is 20.3 Å². The molecule has 2 amide bonds. The van der Waals surface area contributed by atoms with Gasteiger partial charge in [0, 0.05) is 60.3 Å². The number of fused-ring (bicyclic) bond motifs is 2. The first-order valence-corrected chi connectivity index (χ1v) is 23.5. The van der Waals surface area contributed by atoms with Gasteiger partial charge >= 0.3 is 11.4 Å². The Morgan fingerprint density at radius 3 is 1.72 bits per heavy atom. The van der Waals surface area contributed by atoms with Crippen LogP contribution in [-0.4, -0.2) is 83.8 Å². The average molecular weight is 911 g/mol. The van der Waals surface area contributed by atoms with Crippen LogP contribution in [0.3, 0.4) is 0 Å². The monoisotopic (exact) mass is 910 g/mol. The Labute approximate surface area is 380 Å². The highest BCUT2D eigenvalue weighted by molar-refractivity contribution is 7.44. The number of benzene rings is 2. The second-order valence-electron chi connectivity index (χ2n) is 17.7. The van der Waals surface area contributed by atoms with Crippen LogP contribution in [0.1, 0.15) is 107 Å². The van der Waals surface area contributed by atoms with Gasteiger partial charge in [-0.25, -0.2) is 14.3 Å². The van der Waals surface area contributed by atoms with Gasteiger partial charge in [0.2, 0.25) is 0 Å². The number of carbonyl (C=O) groups is 2. The van der Waals surface area contributed by atoms with Gasteiger partial charge in [-0.05, 0) is 88.8 Å². The highest BCUT2D eigenvalue weighted by Crippen LogP contribution is 2.54. The molecule has 3 N–H and O–H groups in total. The third kappa shape index (κ3) is 11.3. The molecule has 0 bridgehead atoms. The van der Waals surface area contributed by atoms with Crippen LogP contribution in [0.4, 0.5) is 11.6 Å². The summed E-state index contributed by atoms with van der Waals surface area (Å²) in [7, 11) is -1.37. The maximum atomic E-state index is 12.9. The van der Waals surface area contributed by atoms with Gasteiger partial charge < -0.3 is 34.3 Å². The number of amides is 2. The summed E-state index contributed by atoms with van der Waals surface area (Å²) in [5.74, 6) is 0.422. The first-order valence-electron chi connectivity index (χ1n) is 22.4. The van der Waals surface area contributed by atoms with Crippen molar-refractivity contribution in [3.8, 4) is 6.07 Å². The van der Waals surface area contributed by atoms with Crippen molar-refractivity contribution in [3.63, 3.8) is 0 Å². The lowest BCUT2D eigenvalue weighted by atomic mass is 10.0. The molecule has 2 aliphatic heterocycles. The van der Waals surface area contributed by atoms with Crippen LogP contribution in [-0.2, 0) is 18.5 Å². The molecule has 2 aromatic carbocycles. The molecule has 0 spiro atoms. The molecule has 0 radical (unpaired) electrons. The van der Waals surface area contributed by atoms with Gasteiger partial charge in [-0.3, -0.25) is 18.7 Å². The van der Waals surface area contributed by atoms with E-state index in [1.807, 2.05) is 12.1 Å². The topological polar surface area (TPSA) is 212 Å². The standard InChI is InChI=1S/C28H38N5O5P.C19H21N3O4/c1-18(2)33(19(3)4)39(36-15-9-13-29)38-23-16-20(5)26-22(23)17-25(37-26)32-14-12-24(31-28(32)35)30-27(34)21-10-7-6-8-11-21;1-11-9-14(23)13-10-16(26-17(11)13)22-8-7-15(21-19(22)25)20-18(24)12-5-3-2-4-6-12/h6-8,10-12,14,18-20,22-23,25-26H,9,15-17H2,1-5H3,(H,30,31,34,35);2-8,11,13-14,16-17,23H,9-10H2,1H3,(H,20,21,24,25)/t20-,22+,23-,25-,26-,39?;11-,13+,14-,16-,17-/m11/s1. The van der Waals surface area contributed by atoms with E-state index >= 15 is 0 Å². The van der Waals surface area contributed by atoms with Gasteiger partial charge in [0.05, 0.1) is 43.5 Å². The van der Waals surface area contributed by atoms with E-state index in [2.05, 4.69) is 72.9 Å².